The summed E-state index contributed by atoms with van der Waals surface area (Å²) < 4.78 is 1.98. The molecule has 0 spiro atoms. The summed E-state index contributed by atoms with van der Waals surface area (Å²) >= 11 is 6.84. The molecule has 6 heteroatoms. The van der Waals surface area contributed by atoms with Crippen molar-refractivity contribution in [3.8, 4) is 0 Å². The van der Waals surface area contributed by atoms with Gasteiger partial charge in [-0.1, -0.05) is 70.0 Å². The molecular formula is C21H24Br2N2O2. The third-order valence-electron chi connectivity index (χ3n) is 4.39. The molecule has 27 heavy (non-hydrogen) atoms. The lowest BCUT2D eigenvalue weighted by Crippen LogP contribution is -2.39. The Balaban J connectivity index is 2.01. The normalized spacial score (nSPS) is 12.3. The third-order valence-corrected chi connectivity index (χ3v) is 5.45. The zero-order chi connectivity index (χ0) is 20.0. The highest BCUT2D eigenvalue weighted by Gasteiger charge is 2.23. The van der Waals surface area contributed by atoms with Crippen LogP contribution in [-0.2, 0) is 15.0 Å². The molecule has 1 atom stereocenters. The van der Waals surface area contributed by atoms with Gasteiger partial charge in [0, 0.05) is 27.8 Å². The maximum absolute atomic E-state index is 12.5. The molecule has 2 aromatic carbocycles. The Morgan fingerprint density at radius 1 is 0.963 bits per heavy atom. The average Bonchev–Trinajstić information content (AvgIpc) is 2.60. The highest BCUT2D eigenvalue weighted by Crippen LogP contribution is 2.24. The molecule has 0 bridgehead atoms. The van der Waals surface area contributed by atoms with E-state index in [2.05, 4.69) is 68.5 Å². The molecule has 0 fully saturated rings. The summed E-state index contributed by atoms with van der Waals surface area (Å²) in [6.45, 7) is 6.16. The van der Waals surface area contributed by atoms with Gasteiger partial charge in [0.2, 0.25) is 11.8 Å². The molecule has 0 aliphatic heterocycles. The number of rotatable bonds is 7. The molecule has 2 aromatic rings. The molecule has 144 valence electrons. The van der Waals surface area contributed by atoms with Gasteiger partial charge >= 0.3 is 0 Å². The van der Waals surface area contributed by atoms with Crippen LogP contribution in [0.3, 0.4) is 0 Å². The van der Waals surface area contributed by atoms with Crippen LogP contribution in [0.4, 0.5) is 0 Å². The fourth-order valence-corrected chi connectivity index (χ4v) is 3.30. The second-order valence-corrected chi connectivity index (χ2v) is 9.01. The van der Waals surface area contributed by atoms with Gasteiger partial charge in [-0.25, -0.2) is 0 Å². The monoisotopic (exact) mass is 494 g/mol. The van der Waals surface area contributed by atoms with E-state index in [1.165, 1.54) is 6.92 Å². The SMILES string of the molecule is CC(=O)NC(CC(=O)NCC(C)(C)c1ccc(Br)cc1)c1ccc(Br)cc1. The van der Waals surface area contributed by atoms with Crippen molar-refractivity contribution in [3.63, 3.8) is 0 Å². The van der Waals surface area contributed by atoms with Crippen LogP contribution in [-0.4, -0.2) is 18.4 Å². The predicted molar refractivity (Wildman–Crippen MR) is 115 cm³/mol. The van der Waals surface area contributed by atoms with Crippen molar-refractivity contribution in [1.29, 1.82) is 0 Å². The molecule has 2 rings (SSSR count). The van der Waals surface area contributed by atoms with Crippen molar-refractivity contribution in [3.05, 3.63) is 68.6 Å². The Bertz CT molecular complexity index is 787. The van der Waals surface area contributed by atoms with Crippen molar-refractivity contribution < 1.29 is 9.59 Å². The van der Waals surface area contributed by atoms with E-state index in [4.69, 9.17) is 0 Å². The number of hydrogen-bond acceptors (Lipinski definition) is 2. The quantitative estimate of drug-likeness (QED) is 0.575. The molecule has 0 heterocycles. The van der Waals surface area contributed by atoms with E-state index in [1.54, 1.807) is 0 Å². The zero-order valence-electron chi connectivity index (χ0n) is 15.7. The van der Waals surface area contributed by atoms with Crippen LogP contribution in [0.5, 0.6) is 0 Å². The van der Waals surface area contributed by atoms with Crippen molar-refractivity contribution in [2.75, 3.05) is 6.54 Å². The summed E-state index contributed by atoms with van der Waals surface area (Å²) in [4.78, 5) is 24.1. The van der Waals surface area contributed by atoms with E-state index in [0.29, 0.717) is 6.54 Å². The van der Waals surface area contributed by atoms with Gasteiger partial charge in [-0.3, -0.25) is 9.59 Å². The second-order valence-electron chi connectivity index (χ2n) is 7.18. The van der Waals surface area contributed by atoms with Crippen LogP contribution in [0.1, 0.15) is 44.4 Å². The van der Waals surface area contributed by atoms with E-state index in [-0.39, 0.29) is 29.7 Å². The first kappa shape index (κ1) is 21.6. The molecule has 0 aromatic heterocycles. The summed E-state index contributed by atoms with van der Waals surface area (Å²) in [6, 6.07) is 15.4. The van der Waals surface area contributed by atoms with Crippen LogP contribution in [0.2, 0.25) is 0 Å². The number of carbonyl (C=O) groups is 2. The Kier molecular flexibility index (Phi) is 7.62. The maximum atomic E-state index is 12.5. The van der Waals surface area contributed by atoms with Gasteiger partial charge in [0.05, 0.1) is 12.5 Å². The maximum Gasteiger partial charge on any atom is 0.222 e. The smallest absolute Gasteiger partial charge is 0.222 e. The lowest BCUT2D eigenvalue weighted by Gasteiger charge is -2.26. The van der Waals surface area contributed by atoms with Crippen LogP contribution in [0.15, 0.2) is 57.5 Å². The van der Waals surface area contributed by atoms with Crippen molar-refractivity contribution in [2.45, 2.75) is 38.6 Å². The van der Waals surface area contributed by atoms with Gasteiger partial charge in [-0.15, -0.1) is 0 Å². The van der Waals surface area contributed by atoms with Crippen LogP contribution in [0.25, 0.3) is 0 Å². The molecule has 0 aliphatic rings. The largest absolute Gasteiger partial charge is 0.355 e. The van der Waals surface area contributed by atoms with Gasteiger partial charge in [-0.2, -0.15) is 0 Å². The van der Waals surface area contributed by atoms with E-state index >= 15 is 0 Å². The number of hydrogen-bond donors (Lipinski definition) is 2. The Morgan fingerprint density at radius 3 is 2.00 bits per heavy atom. The van der Waals surface area contributed by atoms with Crippen LogP contribution >= 0.6 is 31.9 Å². The summed E-state index contributed by atoms with van der Waals surface area (Å²) in [6.07, 6.45) is 0.192. The van der Waals surface area contributed by atoms with Crippen LogP contribution in [0, 0.1) is 0 Å². The van der Waals surface area contributed by atoms with Gasteiger partial charge in [0.15, 0.2) is 0 Å². The molecule has 1 unspecified atom stereocenters. The van der Waals surface area contributed by atoms with Crippen molar-refractivity contribution in [2.24, 2.45) is 0 Å². The predicted octanol–water partition coefficient (Wildman–Crippen LogP) is 4.87. The topological polar surface area (TPSA) is 58.2 Å². The van der Waals surface area contributed by atoms with E-state index in [9.17, 15) is 9.59 Å². The summed E-state index contributed by atoms with van der Waals surface area (Å²) in [5, 5.41) is 5.87. The Morgan fingerprint density at radius 2 is 1.48 bits per heavy atom. The highest BCUT2D eigenvalue weighted by molar-refractivity contribution is 9.10. The standard InChI is InChI=1S/C21H24Br2N2O2/c1-14(26)25-19(15-4-8-17(22)9-5-15)12-20(27)24-13-21(2,3)16-6-10-18(23)11-7-16/h4-11,19H,12-13H2,1-3H3,(H,24,27)(H,25,26). The lowest BCUT2D eigenvalue weighted by atomic mass is 9.84. The molecule has 0 saturated carbocycles. The fraction of sp³-hybridized carbons (Fsp3) is 0.333. The fourth-order valence-electron chi connectivity index (χ4n) is 2.77. The lowest BCUT2D eigenvalue weighted by molar-refractivity contribution is -0.123. The number of benzene rings is 2. The zero-order valence-corrected chi connectivity index (χ0v) is 18.9. The number of nitrogens with one attached hydrogen (secondary N) is 2. The van der Waals surface area contributed by atoms with Gasteiger partial charge in [0.25, 0.3) is 0 Å². The molecule has 2 amide bonds. The average molecular weight is 496 g/mol. The summed E-state index contributed by atoms with van der Waals surface area (Å²) in [7, 11) is 0. The molecule has 0 aliphatic carbocycles. The van der Waals surface area contributed by atoms with Gasteiger partial charge in [-0.05, 0) is 35.4 Å². The first-order chi connectivity index (χ1) is 12.7. The second kappa shape index (κ2) is 9.51. The third kappa shape index (κ3) is 6.78. The number of halogens is 2. The summed E-state index contributed by atoms with van der Waals surface area (Å²) in [5.74, 6) is -0.257. The van der Waals surface area contributed by atoms with Gasteiger partial charge in [0.1, 0.15) is 0 Å². The summed E-state index contributed by atoms with van der Waals surface area (Å²) in [5.41, 5.74) is 1.85. The van der Waals surface area contributed by atoms with Crippen molar-refractivity contribution in [1.82, 2.24) is 10.6 Å². The minimum Gasteiger partial charge on any atom is -0.355 e. The first-order valence-electron chi connectivity index (χ1n) is 8.73. The van der Waals surface area contributed by atoms with Crippen LogP contribution < -0.4 is 10.6 Å². The molecule has 0 saturated heterocycles. The minimum absolute atomic E-state index is 0.0955. The van der Waals surface area contributed by atoms with E-state index in [0.717, 1.165) is 20.1 Å². The van der Waals surface area contributed by atoms with Crippen molar-refractivity contribution >= 4 is 43.7 Å². The molecule has 2 N–H and O–H groups in total. The van der Waals surface area contributed by atoms with Gasteiger partial charge < -0.3 is 10.6 Å². The Labute approximate surface area is 177 Å². The Hall–Kier alpha value is -1.66. The molecular weight excluding hydrogens is 472 g/mol. The van der Waals surface area contributed by atoms with E-state index in [1.807, 2.05) is 36.4 Å². The highest BCUT2D eigenvalue weighted by atomic mass is 79.9. The first-order valence-corrected chi connectivity index (χ1v) is 10.3. The number of carbonyl (C=O) groups excluding carboxylic acids is 2. The minimum atomic E-state index is -0.355. The number of amides is 2. The molecule has 0 radical (unpaired) electrons. The molecule has 4 nitrogen and oxygen atoms in total. The van der Waals surface area contributed by atoms with E-state index < -0.39 is 0 Å².